The second-order valence-corrected chi connectivity index (χ2v) is 9.15. The smallest absolute Gasteiger partial charge is 0.233 e. The number of rotatable bonds is 4. The molecule has 1 aromatic carbocycles. The standard InChI is InChI=1S/C21H27N5O2/c1-13(2)26-17-8-14(6-7-15(17)10-22-26)19-23-20(28-24-19)16-11-25(12-16)18(27)9-21(3,4)5/h6-8,10,13,16H,9,11-12H2,1-5H3. The van der Waals surface area contributed by atoms with Crippen molar-refractivity contribution in [1.82, 2.24) is 24.8 Å². The van der Waals surface area contributed by atoms with E-state index in [1.165, 1.54) is 0 Å². The maximum Gasteiger partial charge on any atom is 0.233 e. The minimum atomic E-state index is 0.000971. The first-order chi connectivity index (χ1) is 13.2. The third-order valence-electron chi connectivity index (χ3n) is 5.05. The van der Waals surface area contributed by atoms with Crippen molar-refractivity contribution in [3.63, 3.8) is 0 Å². The Morgan fingerprint density at radius 1 is 1.29 bits per heavy atom. The van der Waals surface area contributed by atoms with Crippen molar-refractivity contribution < 1.29 is 9.32 Å². The highest BCUT2D eigenvalue weighted by atomic mass is 16.5. The van der Waals surface area contributed by atoms with E-state index in [-0.39, 0.29) is 23.3 Å². The number of fused-ring (bicyclic) bond motifs is 1. The molecule has 1 fully saturated rings. The normalized spacial score (nSPS) is 15.4. The summed E-state index contributed by atoms with van der Waals surface area (Å²) >= 11 is 0. The summed E-state index contributed by atoms with van der Waals surface area (Å²) in [6.45, 7) is 11.7. The monoisotopic (exact) mass is 381 g/mol. The van der Waals surface area contributed by atoms with Crippen LogP contribution in [0.15, 0.2) is 28.9 Å². The molecule has 0 aliphatic carbocycles. The molecule has 0 unspecified atom stereocenters. The summed E-state index contributed by atoms with van der Waals surface area (Å²) in [5.74, 6) is 1.49. The first kappa shape index (κ1) is 18.7. The number of aromatic nitrogens is 4. The summed E-state index contributed by atoms with van der Waals surface area (Å²) < 4.78 is 7.49. The van der Waals surface area contributed by atoms with Gasteiger partial charge in [0.15, 0.2) is 0 Å². The Bertz CT molecular complexity index is 1010. The highest BCUT2D eigenvalue weighted by Crippen LogP contribution is 2.31. The lowest BCUT2D eigenvalue weighted by Gasteiger charge is -2.38. The van der Waals surface area contributed by atoms with Crippen molar-refractivity contribution in [2.45, 2.75) is 53.0 Å². The summed E-state index contributed by atoms with van der Waals surface area (Å²) in [5.41, 5.74) is 1.97. The zero-order chi connectivity index (χ0) is 20.1. The maximum atomic E-state index is 12.3. The molecular formula is C21H27N5O2. The van der Waals surface area contributed by atoms with E-state index in [1.807, 2.05) is 27.9 Å². The van der Waals surface area contributed by atoms with Crippen LogP contribution >= 0.6 is 0 Å². The number of hydrogen-bond donors (Lipinski definition) is 0. The molecule has 28 heavy (non-hydrogen) atoms. The number of benzene rings is 1. The van der Waals surface area contributed by atoms with Crippen LogP contribution in [0.3, 0.4) is 0 Å². The van der Waals surface area contributed by atoms with Crippen molar-refractivity contribution in [3.05, 3.63) is 30.3 Å². The molecular weight excluding hydrogens is 354 g/mol. The van der Waals surface area contributed by atoms with E-state index in [2.05, 4.69) is 55.9 Å². The van der Waals surface area contributed by atoms with Crippen LogP contribution in [0.1, 0.15) is 58.9 Å². The van der Waals surface area contributed by atoms with Crippen LogP contribution in [0.4, 0.5) is 0 Å². The molecule has 7 nitrogen and oxygen atoms in total. The molecule has 148 valence electrons. The van der Waals surface area contributed by atoms with Crippen molar-refractivity contribution >= 4 is 16.8 Å². The topological polar surface area (TPSA) is 77.0 Å². The summed E-state index contributed by atoms with van der Waals surface area (Å²) in [5, 5.41) is 9.71. The molecule has 1 amide bonds. The highest BCUT2D eigenvalue weighted by molar-refractivity contribution is 5.83. The van der Waals surface area contributed by atoms with Gasteiger partial charge in [-0.1, -0.05) is 38.1 Å². The molecule has 0 spiro atoms. The quantitative estimate of drug-likeness (QED) is 0.682. The Labute approximate surface area is 164 Å². The number of carbonyl (C=O) groups excluding carboxylic acids is 1. The predicted octanol–water partition coefficient (Wildman–Crippen LogP) is 4.03. The lowest BCUT2D eigenvalue weighted by molar-refractivity contribution is -0.137. The van der Waals surface area contributed by atoms with Crippen LogP contribution in [0.25, 0.3) is 22.3 Å². The SMILES string of the molecule is CC(C)n1ncc2ccc(-c3noc(C4CN(C(=O)CC(C)(C)C)C4)n3)cc21. The van der Waals surface area contributed by atoms with E-state index >= 15 is 0 Å². The van der Waals surface area contributed by atoms with Gasteiger partial charge in [-0.15, -0.1) is 0 Å². The number of carbonyl (C=O) groups is 1. The Morgan fingerprint density at radius 2 is 2.04 bits per heavy atom. The molecule has 0 bridgehead atoms. The van der Waals surface area contributed by atoms with Gasteiger partial charge in [-0.05, 0) is 25.3 Å². The van der Waals surface area contributed by atoms with Crippen LogP contribution in [-0.2, 0) is 4.79 Å². The van der Waals surface area contributed by atoms with Crippen LogP contribution < -0.4 is 0 Å². The maximum absolute atomic E-state index is 12.3. The minimum absolute atomic E-state index is 0.000971. The summed E-state index contributed by atoms with van der Waals surface area (Å²) in [7, 11) is 0. The van der Waals surface area contributed by atoms with Gasteiger partial charge in [-0.2, -0.15) is 10.1 Å². The van der Waals surface area contributed by atoms with Gasteiger partial charge < -0.3 is 9.42 Å². The van der Waals surface area contributed by atoms with E-state index in [1.54, 1.807) is 0 Å². The Kier molecular flexibility index (Phi) is 4.48. The number of amides is 1. The largest absolute Gasteiger partial charge is 0.341 e. The lowest BCUT2D eigenvalue weighted by atomic mass is 9.90. The first-order valence-electron chi connectivity index (χ1n) is 9.80. The van der Waals surface area contributed by atoms with Gasteiger partial charge in [0, 0.05) is 36.5 Å². The van der Waals surface area contributed by atoms with Crippen LogP contribution in [0, 0.1) is 5.41 Å². The van der Waals surface area contributed by atoms with Crippen LogP contribution in [0.2, 0.25) is 0 Å². The first-order valence-corrected chi connectivity index (χ1v) is 9.80. The number of nitrogens with zero attached hydrogens (tertiary/aromatic N) is 5. The van der Waals surface area contributed by atoms with Gasteiger partial charge in [0.1, 0.15) is 0 Å². The van der Waals surface area contributed by atoms with Crippen molar-refractivity contribution in [3.8, 4) is 11.4 Å². The zero-order valence-corrected chi connectivity index (χ0v) is 17.1. The molecule has 1 aliphatic heterocycles. The molecule has 7 heteroatoms. The van der Waals surface area contributed by atoms with Gasteiger partial charge in [0.25, 0.3) is 0 Å². The molecule has 0 atom stereocenters. The lowest BCUT2D eigenvalue weighted by Crippen LogP contribution is -2.49. The second-order valence-electron chi connectivity index (χ2n) is 9.15. The summed E-state index contributed by atoms with van der Waals surface area (Å²) in [6.07, 6.45) is 2.43. The highest BCUT2D eigenvalue weighted by Gasteiger charge is 2.36. The fourth-order valence-corrected chi connectivity index (χ4v) is 3.51. The van der Waals surface area contributed by atoms with E-state index in [4.69, 9.17) is 4.52 Å². The number of hydrogen-bond acceptors (Lipinski definition) is 5. The Morgan fingerprint density at radius 3 is 2.71 bits per heavy atom. The van der Waals surface area contributed by atoms with Gasteiger partial charge >= 0.3 is 0 Å². The van der Waals surface area contributed by atoms with Crippen LogP contribution in [-0.4, -0.2) is 43.8 Å². The van der Waals surface area contributed by atoms with Crippen LogP contribution in [0.5, 0.6) is 0 Å². The van der Waals surface area contributed by atoms with E-state index in [9.17, 15) is 4.79 Å². The molecule has 3 heterocycles. The molecule has 4 rings (SSSR count). The van der Waals surface area contributed by atoms with E-state index in [0.29, 0.717) is 31.2 Å². The Hall–Kier alpha value is -2.70. The van der Waals surface area contributed by atoms with E-state index in [0.717, 1.165) is 16.5 Å². The Balaban J connectivity index is 1.48. The fraction of sp³-hybridized carbons (Fsp3) is 0.524. The summed E-state index contributed by atoms with van der Waals surface area (Å²) in [4.78, 5) is 18.7. The van der Waals surface area contributed by atoms with Crippen molar-refractivity contribution in [1.29, 1.82) is 0 Å². The van der Waals surface area contributed by atoms with Gasteiger partial charge in [0.2, 0.25) is 17.6 Å². The van der Waals surface area contributed by atoms with E-state index < -0.39 is 0 Å². The van der Waals surface area contributed by atoms with Gasteiger partial charge in [0.05, 0.1) is 17.6 Å². The average Bonchev–Trinajstić information content (AvgIpc) is 3.17. The molecule has 2 aromatic heterocycles. The zero-order valence-electron chi connectivity index (χ0n) is 17.1. The van der Waals surface area contributed by atoms with Gasteiger partial charge in [-0.3, -0.25) is 9.48 Å². The molecule has 0 N–H and O–H groups in total. The second kappa shape index (κ2) is 6.72. The minimum Gasteiger partial charge on any atom is -0.341 e. The third kappa shape index (κ3) is 3.53. The summed E-state index contributed by atoms with van der Waals surface area (Å²) in [6, 6.07) is 6.35. The third-order valence-corrected chi connectivity index (χ3v) is 5.05. The molecule has 1 aliphatic rings. The van der Waals surface area contributed by atoms with Gasteiger partial charge in [-0.25, -0.2) is 0 Å². The molecule has 3 aromatic rings. The molecule has 1 saturated heterocycles. The molecule has 0 radical (unpaired) electrons. The van der Waals surface area contributed by atoms with Crippen molar-refractivity contribution in [2.24, 2.45) is 5.41 Å². The fourth-order valence-electron chi connectivity index (χ4n) is 3.51. The number of likely N-dealkylation sites (tertiary alicyclic amines) is 1. The molecule has 0 saturated carbocycles. The predicted molar refractivity (Wildman–Crippen MR) is 107 cm³/mol. The average molecular weight is 381 g/mol. The van der Waals surface area contributed by atoms with Crippen molar-refractivity contribution in [2.75, 3.05) is 13.1 Å².